The van der Waals surface area contributed by atoms with Gasteiger partial charge < -0.3 is 9.47 Å². The van der Waals surface area contributed by atoms with Crippen LogP contribution in [0.3, 0.4) is 0 Å². The van der Waals surface area contributed by atoms with Crippen LogP contribution in [0.15, 0.2) is 130 Å². The van der Waals surface area contributed by atoms with Crippen LogP contribution in [0.5, 0.6) is 11.5 Å². The zero-order valence-electron chi connectivity index (χ0n) is 30.4. The molecule has 0 radical (unpaired) electrons. The Kier molecular flexibility index (Phi) is 9.99. The van der Waals surface area contributed by atoms with E-state index in [2.05, 4.69) is 158 Å². The van der Waals surface area contributed by atoms with Gasteiger partial charge in [0.05, 0.1) is 31.4 Å². The first-order valence-electron chi connectivity index (χ1n) is 17.6. The molecule has 7 aromatic rings. The number of aromatic nitrogens is 2. The summed E-state index contributed by atoms with van der Waals surface area (Å²) in [5.41, 5.74) is 9.61. The van der Waals surface area contributed by atoms with Crippen LogP contribution in [0.25, 0.3) is 44.3 Å². The zero-order chi connectivity index (χ0) is 36.6. The normalized spacial score (nSPS) is 12.0. The lowest BCUT2D eigenvalue weighted by Gasteiger charge is -2.23. The predicted octanol–water partition coefficient (Wildman–Crippen LogP) is 13.4. The summed E-state index contributed by atoms with van der Waals surface area (Å²) < 4.78 is 14.9. The Labute approximate surface area is 323 Å². The van der Waals surface area contributed by atoms with Crippen LogP contribution >= 0.6 is 31.9 Å². The van der Waals surface area contributed by atoms with Crippen molar-refractivity contribution in [3.63, 3.8) is 0 Å². The van der Waals surface area contributed by atoms with Gasteiger partial charge in [-0.25, -0.2) is 9.97 Å². The molecule has 0 saturated heterocycles. The molecule has 0 aliphatic rings. The number of pyridine rings is 2. The molecule has 262 valence electrons. The summed E-state index contributed by atoms with van der Waals surface area (Å²) in [7, 11) is 0. The van der Waals surface area contributed by atoms with E-state index in [-0.39, 0.29) is 10.8 Å². The van der Waals surface area contributed by atoms with E-state index in [9.17, 15) is 0 Å². The summed E-state index contributed by atoms with van der Waals surface area (Å²) in [5.74, 6) is 1.53. The molecule has 0 unspecified atom stereocenters. The molecule has 0 atom stereocenters. The Bertz CT molecular complexity index is 2230. The molecule has 0 aliphatic heterocycles. The minimum atomic E-state index is -0.0780. The molecule has 0 spiro atoms. The maximum Gasteiger partial charge on any atom is 0.143 e. The number of hydrogen-bond donors (Lipinski definition) is 0. The fourth-order valence-electron chi connectivity index (χ4n) is 6.25. The van der Waals surface area contributed by atoms with Crippen LogP contribution in [0, 0.1) is 0 Å². The van der Waals surface area contributed by atoms with Crippen molar-refractivity contribution in [2.45, 2.75) is 65.6 Å². The maximum atomic E-state index is 6.55. The van der Waals surface area contributed by atoms with Crippen molar-refractivity contribution in [1.29, 1.82) is 0 Å². The van der Waals surface area contributed by atoms with Crippen LogP contribution in [-0.2, 0) is 24.0 Å². The molecule has 2 heterocycles. The Hall–Kier alpha value is -4.52. The van der Waals surface area contributed by atoms with Gasteiger partial charge in [0.2, 0.25) is 0 Å². The van der Waals surface area contributed by atoms with Crippen molar-refractivity contribution in [2.24, 2.45) is 0 Å². The fraction of sp³-hybridized carbons (Fsp3) is 0.217. The highest BCUT2D eigenvalue weighted by Crippen LogP contribution is 2.43. The second kappa shape index (κ2) is 14.5. The third kappa shape index (κ3) is 7.65. The van der Waals surface area contributed by atoms with Gasteiger partial charge in [0.1, 0.15) is 24.7 Å². The van der Waals surface area contributed by atoms with E-state index in [1.807, 2.05) is 36.4 Å². The van der Waals surface area contributed by atoms with E-state index >= 15 is 0 Å². The smallest absolute Gasteiger partial charge is 0.143 e. The quantitative estimate of drug-likeness (QED) is 0.143. The number of hydrogen-bond acceptors (Lipinski definition) is 4. The summed E-state index contributed by atoms with van der Waals surface area (Å²) in [6.07, 6.45) is 0. The van der Waals surface area contributed by atoms with Gasteiger partial charge in [-0.15, -0.1) is 0 Å². The van der Waals surface area contributed by atoms with E-state index in [4.69, 9.17) is 19.4 Å². The van der Waals surface area contributed by atoms with Gasteiger partial charge in [-0.3, -0.25) is 0 Å². The van der Waals surface area contributed by atoms with Gasteiger partial charge in [0.15, 0.2) is 0 Å². The first-order chi connectivity index (χ1) is 24.8. The van der Waals surface area contributed by atoms with E-state index in [1.54, 1.807) is 0 Å². The van der Waals surface area contributed by atoms with E-state index in [0.29, 0.717) is 13.2 Å². The summed E-state index contributed by atoms with van der Waals surface area (Å²) in [4.78, 5) is 10.7. The average Bonchev–Trinajstić information content (AvgIpc) is 3.13. The van der Waals surface area contributed by atoms with Crippen molar-refractivity contribution in [1.82, 2.24) is 9.97 Å². The molecule has 0 bridgehead atoms. The largest absolute Gasteiger partial charge is 0.487 e. The standard InChI is InChI=1S/C46H42Br2N2O2/c1-45(2,3)33-23-35(43(37(47)25-33)51-27-29-13-9-7-10-14-29)39-21-19-31-17-18-32-20-22-40(50-42(32)41(31)49-39)36-24-34(46(4,5)6)26-38(48)44(36)52-28-30-15-11-8-12-16-30/h7-26H,27-28H2,1-6H3. The number of benzene rings is 5. The van der Waals surface area contributed by atoms with E-state index < -0.39 is 0 Å². The second-order valence-corrected chi connectivity index (χ2v) is 17.0. The molecule has 4 nitrogen and oxygen atoms in total. The number of fused-ring (bicyclic) bond motifs is 3. The Balaban J connectivity index is 1.38. The van der Waals surface area contributed by atoms with Crippen molar-refractivity contribution < 1.29 is 9.47 Å². The molecule has 0 N–H and O–H groups in total. The van der Waals surface area contributed by atoms with Crippen LogP contribution < -0.4 is 9.47 Å². The fourth-order valence-corrected chi connectivity index (χ4v) is 7.40. The van der Waals surface area contributed by atoms with Crippen LogP contribution in [0.2, 0.25) is 0 Å². The number of rotatable bonds is 8. The molecular formula is C46H42Br2N2O2. The monoisotopic (exact) mass is 812 g/mol. The molecule has 0 aliphatic carbocycles. The van der Waals surface area contributed by atoms with Crippen molar-refractivity contribution in [2.75, 3.05) is 0 Å². The molecule has 2 aromatic heterocycles. The Morgan fingerprint density at radius 1 is 0.481 bits per heavy atom. The third-order valence-electron chi connectivity index (χ3n) is 9.34. The van der Waals surface area contributed by atoms with Crippen LogP contribution in [0.4, 0.5) is 0 Å². The van der Waals surface area contributed by atoms with Gasteiger partial charge in [0.25, 0.3) is 0 Å². The lowest BCUT2D eigenvalue weighted by atomic mass is 9.85. The second-order valence-electron chi connectivity index (χ2n) is 15.3. The van der Waals surface area contributed by atoms with Gasteiger partial charge in [-0.2, -0.15) is 0 Å². The molecular weight excluding hydrogens is 772 g/mol. The number of nitrogens with zero attached hydrogens (tertiary/aromatic N) is 2. The van der Waals surface area contributed by atoms with E-state index in [1.165, 1.54) is 11.1 Å². The minimum Gasteiger partial charge on any atom is -0.487 e. The van der Waals surface area contributed by atoms with Gasteiger partial charge in [-0.05, 0) is 101 Å². The average molecular weight is 815 g/mol. The van der Waals surface area contributed by atoms with Crippen molar-refractivity contribution >= 4 is 53.7 Å². The Morgan fingerprint density at radius 2 is 0.846 bits per heavy atom. The molecule has 0 amide bonds. The SMILES string of the molecule is CC(C)(C)c1cc(Br)c(OCc2ccccc2)c(-c2ccc3ccc4ccc(-c5cc(C(C)(C)C)cc(Br)c5OCc5ccccc5)nc4c3n2)c1. The zero-order valence-corrected chi connectivity index (χ0v) is 33.6. The van der Waals surface area contributed by atoms with Crippen molar-refractivity contribution in [3.8, 4) is 34.0 Å². The summed E-state index contributed by atoms with van der Waals surface area (Å²) >= 11 is 7.73. The molecule has 6 heteroatoms. The first-order valence-corrected chi connectivity index (χ1v) is 19.2. The maximum absolute atomic E-state index is 6.55. The third-order valence-corrected chi connectivity index (χ3v) is 10.5. The van der Waals surface area contributed by atoms with Crippen molar-refractivity contribution in [3.05, 3.63) is 153 Å². The van der Waals surface area contributed by atoms with Crippen LogP contribution in [0.1, 0.15) is 63.8 Å². The molecule has 0 saturated carbocycles. The van der Waals surface area contributed by atoms with E-state index in [0.717, 1.165) is 75.9 Å². The molecule has 7 rings (SSSR count). The van der Waals surface area contributed by atoms with Gasteiger partial charge in [0, 0.05) is 21.9 Å². The predicted molar refractivity (Wildman–Crippen MR) is 222 cm³/mol. The molecule has 0 fully saturated rings. The number of halogens is 2. The Morgan fingerprint density at radius 3 is 1.21 bits per heavy atom. The summed E-state index contributed by atoms with van der Waals surface area (Å²) in [5, 5.41) is 2.03. The highest BCUT2D eigenvalue weighted by atomic mass is 79.9. The minimum absolute atomic E-state index is 0.0780. The summed E-state index contributed by atoms with van der Waals surface area (Å²) in [6.45, 7) is 14.2. The van der Waals surface area contributed by atoms with Gasteiger partial charge in [-0.1, -0.05) is 126 Å². The highest BCUT2D eigenvalue weighted by molar-refractivity contribution is 9.11. The first kappa shape index (κ1) is 35.9. The lowest BCUT2D eigenvalue weighted by Crippen LogP contribution is -2.12. The summed E-state index contributed by atoms with van der Waals surface area (Å²) in [6, 6.07) is 41.9. The van der Waals surface area contributed by atoms with Crippen LogP contribution in [-0.4, -0.2) is 9.97 Å². The topological polar surface area (TPSA) is 44.2 Å². The lowest BCUT2D eigenvalue weighted by molar-refractivity contribution is 0.305. The number of ether oxygens (including phenoxy) is 2. The highest BCUT2D eigenvalue weighted by Gasteiger charge is 2.23. The molecule has 52 heavy (non-hydrogen) atoms. The van der Waals surface area contributed by atoms with Gasteiger partial charge >= 0.3 is 0 Å². The molecule has 5 aromatic carbocycles.